The van der Waals surface area contributed by atoms with Crippen molar-refractivity contribution in [2.75, 3.05) is 56.3 Å². The molecular weight excluding hydrogens is 418 g/mol. The molecule has 0 amide bonds. The van der Waals surface area contributed by atoms with E-state index in [0.29, 0.717) is 19.0 Å². The van der Waals surface area contributed by atoms with Crippen molar-refractivity contribution in [2.45, 2.75) is 12.5 Å². The minimum absolute atomic E-state index is 0.506. The summed E-state index contributed by atoms with van der Waals surface area (Å²) in [4.78, 5) is 0. The van der Waals surface area contributed by atoms with Crippen LogP contribution in [-0.2, 0) is 35.1 Å². The number of nitrogens with two attached hydrogens (primary N) is 1. The van der Waals surface area contributed by atoms with Crippen LogP contribution in [0.3, 0.4) is 0 Å². The van der Waals surface area contributed by atoms with E-state index in [-0.39, 0.29) is 0 Å². The molecule has 0 spiro atoms. The number of hydrogen-bond donors (Lipinski definition) is 1. The Bertz CT molecular complexity index is 557. The average molecular weight is 452 g/mol. The Labute approximate surface area is 171 Å². The van der Waals surface area contributed by atoms with Crippen LogP contribution in [0.4, 0.5) is 0 Å². The smallest absolute Gasteiger partial charge is 0.377 e. The minimum atomic E-state index is -3.30. The first-order valence-corrected chi connectivity index (χ1v) is 14.2. The van der Waals surface area contributed by atoms with E-state index in [0.717, 1.165) is 10.4 Å². The lowest BCUT2D eigenvalue weighted by molar-refractivity contribution is 0.0960. The van der Waals surface area contributed by atoms with Gasteiger partial charge in [0, 0.05) is 66.2 Å². The van der Waals surface area contributed by atoms with Crippen molar-refractivity contribution in [3.63, 3.8) is 0 Å². The van der Waals surface area contributed by atoms with Crippen molar-refractivity contribution >= 4 is 36.8 Å². The third kappa shape index (κ3) is 5.35. The number of hydrogen-bond acceptors (Lipinski definition) is 9. The molecule has 1 rings (SSSR count). The van der Waals surface area contributed by atoms with E-state index in [1.54, 1.807) is 49.8 Å². The lowest BCUT2D eigenvalue weighted by atomic mass is 10.4. The normalized spacial score (nSPS) is 13.1. The maximum absolute atomic E-state index is 6.37. The molecular formula is C16H33NO8Si3. The Morgan fingerprint density at radius 1 is 0.643 bits per heavy atom. The van der Waals surface area contributed by atoms with Gasteiger partial charge in [-0.15, -0.1) is 0 Å². The third-order valence-electron chi connectivity index (χ3n) is 4.53. The van der Waals surface area contributed by atoms with Crippen LogP contribution in [0.15, 0.2) is 24.3 Å². The van der Waals surface area contributed by atoms with Crippen LogP contribution in [0.5, 0.6) is 0 Å². The largest absolute Gasteiger partial charge is 0.536 e. The molecule has 9 nitrogen and oxygen atoms in total. The number of benzene rings is 1. The van der Waals surface area contributed by atoms with Gasteiger partial charge in [0.05, 0.1) is 0 Å². The van der Waals surface area contributed by atoms with E-state index < -0.39 is 26.4 Å². The predicted molar refractivity (Wildman–Crippen MR) is 112 cm³/mol. The van der Waals surface area contributed by atoms with E-state index >= 15 is 0 Å². The van der Waals surface area contributed by atoms with Crippen molar-refractivity contribution in [3.8, 4) is 0 Å². The fourth-order valence-corrected chi connectivity index (χ4v) is 10.9. The maximum Gasteiger partial charge on any atom is 0.536 e. The standard InChI is InChI=1S/C16H33NO8Si3/c1-18-26(19-2,14-8-13-17)25-28(23-6,24-7)16-11-9-15(10-12-16)27(20-3,21-4)22-5/h9-12H,8,13-14,17H2,1-7H3. The molecule has 0 saturated carbocycles. The summed E-state index contributed by atoms with van der Waals surface area (Å²) >= 11 is 0. The van der Waals surface area contributed by atoms with Gasteiger partial charge in [-0.3, -0.25) is 0 Å². The molecule has 0 bridgehead atoms. The van der Waals surface area contributed by atoms with Crippen molar-refractivity contribution < 1.29 is 35.1 Å². The Hall–Kier alpha value is -0.489. The number of rotatable bonds is 14. The molecule has 0 heterocycles. The van der Waals surface area contributed by atoms with E-state index in [2.05, 4.69) is 0 Å². The van der Waals surface area contributed by atoms with Gasteiger partial charge in [-0.2, -0.15) is 0 Å². The van der Waals surface area contributed by atoms with Gasteiger partial charge in [-0.1, -0.05) is 24.3 Å². The maximum atomic E-state index is 6.37. The summed E-state index contributed by atoms with van der Waals surface area (Å²) in [6, 6.07) is 8.01. The second kappa shape index (κ2) is 11.6. The molecule has 0 fully saturated rings. The van der Waals surface area contributed by atoms with Crippen LogP contribution in [0.25, 0.3) is 0 Å². The van der Waals surface area contributed by atoms with Gasteiger partial charge in [0.15, 0.2) is 0 Å². The first-order valence-electron chi connectivity index (χ1n) is 8.78. The van der Waals surface area contributed by atoms with Crippen LogP contribution >= 0.6 is 0 Å². The molecule has 0 aromatic heterocycles. The highest BCUT2D eigenvalue weighted by atomic mass is 28.5. The summed E-state index contributed by atoms with van der Waals surface area (Å²) in [5.74, 6) is 0. The van der Waals surface area contributed by atoms with Crippen molar-refractivity contribution in [1.29, 1.82) is 0 Å². The monoisotopic (exact) mass is 451 g/mol. The Balaban J connectivity index is 3.29. The SMILES string of the molecule is CO[Si](CCCN)(OC)O[Si](OC)(OC)c1ccc([Si](OC)(OC)OC)cc1. The zero-order valence-corrected chi connectivity index (χ0v) is 20.8. The fraction of sp³-hybridized carbons (Fsp3) is 0.625. The van der Waals surface area contributed by atoms with Gasteiger partial charge in [-0.25, -0.2) is 0 Å². The molecule has 0 atom stereocenters. The van der Waals surface area contributed by atoms with Gasteiger partial charge in [0.1, 0.15) is 0 Å². The lowest BCUT2D eigenvalue weighted by Crippen LogP contribution is -2.64. The van der Waals surface area contributed by atoms with Crippen molar-refractivity contribution in [2.24, 2.45) is 5.73 Å². The molecule has 1 aromatic carbocycles. The molecule has 162 valence electrons. The van der Waals surface area contributed by atoms with E-state index in [9.17, 15) is 0 Å². The van der Waals surface area contributed by atoms with Crippen molar-refractivity contribution in [3.05, 3.63) is 24.3 Å². The van der Waals surface area contributed by atoms with Crippen molar-refractivity contribution in [1.82, 2.24) is 0 Å². The Kier molecular flexibility index (Phi) is 10.6. The fourth-order valence-electron chi connectivity index (χ4n) is 2.89. The molecule has 0 saturated heterocycles. The molecule has 2 N–H and O–H groups in total. The molecule has 0 radical (unpaired) electrons. The van der Waals surface area contributed by atoms with E-state index in [1.807, 2.05) is 24.3 Å². The van der Waals surface area contributed by atoms with Crippen LogP contribution < -0.4 is 16.1 Å². The summed E-state index contributed by atoms with van der Waals surface area (Å²) in [7, 11) is 1.66. The highest BCUT2D eigenvalue weighted by molar-refractivity contribution is 6.83. The molecule has 0 aliphatic heterocycles. The van der Waals surface area contributed by atoms with Crippen LogP contribution in [0.2, 0.25) is 6.04 Å². The van der Waals surface area contributed by atoms with Gasteiger partial charge in [-0.05, 0) is 13.0 Å². The molecule has 12 heteroatoms. The zero-order valence-electron chi connectivity index (χ0n) is 17.8. The summed E-state index contributed by atoms with van der Waals surface area (Å²) in [6.07, 6.45) is 0.703. The molecule has 28 heavy (non-hydrogen) atoms. The summed E-state index contributed by atoms with van der Waals surface area (Å²) in [5.41, 5.74) is 5.65. The molecule has 0 aliphatic carbocycles. The molecule has 0 aliphatic rings. The zero-order chi connectivity index (χ0) is 21.3. The summed E-state index contributed by atoms with van der Waals surface area (Å²) < 4.78 is 45.8. The van der Waals surface area contributed by atoms with E-state index in [4.69, 9.17) is 40.8 Å². The average Bonchev–Trinajstić information content (AvgIpc) is 2.77. The highest BCUT2D eigenvalue weighted by Gasteiger charge is 2.53. The van der Waals surface area contributed by atoms with Crippen LogP contribution in [0.1, 0.15) is 6.42 Å². The quantitative estimate of drug-likeness (QED) is 0.386. The highest BCUT2D eigenvalue weighted by Crippen LogP contribution is 2.22. The summed E-state index contributed by atoms with van der Waals surface area (Å²) in [5, 5.41) is 1.56. The summed E-state index contributed by atoms with van der Waals surface area (Å²) in [6.45, 7) is 0.506. The van der Waals surface area contributed by atoms with Gasteiger partial charge in [0.2, 0.25) is 0 Å². The lowest BCUT2D eigenvalue weighted by Gasteiger charge is -2.36. The third-order valence-corrected chi connectivity index (χ3v) is 13.8. The first-order chi connectivity index (χ1) is 13.4. The topological polar surface area (TPSA) is 99.9 Å². The minimum Gasteiger partial charge on any atom is -0.377 e. The van der Waals surface area contributed by atoms with Crippen LogP contribution in [-0.4, -0.2) is 82.7 Å². The predicted octanol–water partition coefficient (Wildman–Crippen LogP) is -0.192. The van der Waals surface area contributed by atoms with Gasteiger partial charge >= 0.3 is 26.4 Å². The molecule has 1 aromatic rings. The second-order valence-electron chi connectivity index (χ2n) is 5.80. The van der Waals surface area contributed by atoms with Gasteiger partial charge in [0.25, 0.3) is 0 Å². The van der Waals surface area contributed by atoms with E-state index in [1.165, 1.54) is 0 Å². The van der Waals surface area contributed by atoms with Crippen LogP contribution in [0, 0.1) is 0 Å². The Morgan fingerprint density at radius 3 is 1.36 bits per heavy atom. The first kappa shape index (κ1) is 25.5. The second-order valence-corrected chi connectivity index (χ2v) is 14.7. The van der Waals surface area contributed by atoms with Gasteiger partial charge < -0.3 is 40.8 Å². The molecule has 0 unspecified atom stereocenters. The Morgan fingerprint density at radius 2 is 1.04 bits per heavy atom.